The van der Waals surface area contributed by atoms with E-state index in [-0.39, 0.29) is 72.4 Å². The van der Waals surface area contributed by atoms with E-state index in [1.807, 2.05) is 0 Å². The smallest absolute Gasteiger partial charge is 0.269 e. The molecule has 0 bridgehead atoms. The van der Waals surface area contributed by atoms with Crippen LogP contribution in [0.25, 0.3) is 0 Å². The van der Waals surface area contributed by atoms with Crippen molar-refractivity contribution in [2.45, 2.75) is 20.0 Å². The number of carbonyl (C=O) groups is 2. The molecule has 0 radical (unpaired) electrons. The first-order valence-electron chi connectivity index (χ1n) is 8.23. The van der Waals surface area contributed by atoms with Gasteiger partial charge in [0, 0.05) is 6.07 Å². The van der Waals surface area contributed by atoms with Gasteiger partial charge in [-0.05, 0) is 19.1 Å². The highest BCUT2D eigenvalue weighted by Crippen LogP contribution is 2.21. The number of nitrogens with zero attached hydrogens (tertiary/aromatic N) is 2. The van der Waals surface area contributed by atoms with Gasteiger partial charge in [-0.3, -0.25) is 14.7 Å². The Morgan fingerprint density at radius 3 is 2.44 bits per heavy atom. The number of nitrogens with one attached hydrogen (secondary N) is 3. The highest BCUT2D eigenvalue weighted by molar-refractivity contribution is 6.34. The Morgan fingerprint density at radius 1 is 1.16 bits per heavy atom. The molecule has 0 aliphatic carbocycles. The predicted octanol–water partition coefficient (Wildman–Crippen LogP) is 3.54. The number of H-pyrrole nitrogens is 1. The molecule has 9 nitrogen and oxygen atoms in total. The number of aromatic nitrogens is 3. The van der Waals surface area contributed by atoms with Crippen LogP contribution in [-0.4, -0.2) is 27.0 Å². The molecule has 5 N–H and O–H groups in total. The molecule has 2 heterocycles. The van der Waals surface area contributed by atoms with E-state index in [2.05, 4.69) is 25.8 Å². The van der Waals surface area contributed by atoms with E-state index in [0.717, 1.165) is 0 Å². The van der Waals surface area contributed by atoms with Gasteiger partial charge in [0.05, 0.1) is 29.4 Å². The minimum atomic E-state index is -1.22. The highest BCUT2D eigenvalue weighted by atomic mass is 35.5. The van der Waals surface area contributed by atoms with E-state index in [9.17, 15) is 18.4 Å². The molecule has 3 rings (SSSR count). The largest absolute Gasteiger partial charge is 0.442 e. The van der Waals surface area contributed by atoms with Crippen molar-refractivity contribution in [3.63, 3.8) is 0 Å². The Labute approximate surface area is 204 Å². The molecule has 0 unspecified atom stereocenters. The van der Waals surface area contributed by atoms with E-state index in [1.54, 1.807) is 6.92 Å². The Balaban J connectivity index is 0.00000320. The predicted molar refractivity (Wildman–Crippen MR) is 120 cm³/mol. The van der Waals surface area contributed by atoms with Crippen molar-refractivity contribution < 1.29 is 22.8 Å². The van der Waals surface area contributed by atoms with Crippen LogP contribution in [0.1, 0.15) is 38.2 Å². The molecule has 15 heteroatoms. The van der Waals surface area contributed by atoms with E-state index in [0.29, 0.717) is 29.5 Å². The molecule has 3 aromatic rings. The van der Waals surface area contributed by atoms with Gasteiger partial charge in [-0.2, -0.15) is 5.10 Å². The molecule has 2 aromatic heterocycles. The van der Waals surface area contributed by atoms with Gasteiger partial charge in [0.15, 0.2) is 17.5 Å². The van der Waals surface area contributed by atoms with E-state index < -0.39 is 23.4 Å². The first kappa shape index (κ1) is 29.6. The summed E-state index contributed by atoms with van der Waals surface area (Å²) in [5.41, 5.74) is 5.82. The summed E-state index contributed by atoms with van der Waals surface area (Å²) in [6.07, 6.45) is 0. The normalized spacial score (nSPS) is 9.78. The maximum atomic E-state index is 13.3. The second-order valence-corrected chi connectivity index (χ2v) is 6.28. The van der Waals surface area contributed by atoms with Crippen molar-refractivity contribution in [3.05, 3.63) is 63.5 Å². The number of carbonyl (C=O) groups excluding carboxylic acids is 2. The summed E-state index contributed by atoms with van der Waals surface area (Å²) < 4.78 is 31.8. The summed E-state index contributed by atoms with van der Waals surface area (Å²) in [4.78, 5) is 28.5. The summed E-state index contributed by atoms with van der Waals surface area (Å²) in [5, 5.41) is 10.9. The van der Waals surface area contributed by atoms with Gasteiger partial charge in [-0.25, -0.2) is 13.8 Å². The molecule has 0 saturated carbocycles. The second kappa shape index (κ2) is 12.6. The van der Waals surface area contributed by atoms with E-state index in [4.69, 9.17) is 21.8 Å². The molecule has 1 aromatic carbocycles. The molecule has 0 aliphatic heterocycles. The van der Waals surface area contributed by atoms with Crippen LogP contribution in [0.3, 0.4) is 0 Å². The van der Waals surface area contributed by atoms with Gasteiger partial charge >= 0.3 is 0 Å². The number of rotatable bonds is 6. The number of anilines is 1. The minimum Gasteiger partial charge on any atom is -0.442 e. The standard InChI is InChI=1S/C17H15ClF2N6O3.3ClH/c1-7-13(29-15(5-21)23-7)6-22-17(28)12-4-14(26-25-12)24-16(27)8-2-10(19)11(20)3-9(8)18;;;/h2-4H,5-6,21H2,1H3,(H,22,28)(H2,24,25,26,27);3*1H. The zero-order valence-electron chi connectivity index (χ0n) is 16.2. The van der Waals surface area contributed by atoms with Crippen LogP contribution in [0.4, 0.5) is 14.6 Å². The molecule has 0 aliphatic rings. The van der Waals surface area contributed by atoms with Gasteiger partial charge in [0.2, 0.25) is 5.89 Å². The Bertz CT molecular complexity index is 1090. The maximum Gasteiger partial charge on any atom is 0.269 e. The fraction of sp³-hybridized carbons (Fsp3) is 0.176. The first-order valence-corrected chi connectivity index (χ1v) is 8.61. The molecule has 0 spiro atoms. The molecule has 2 amide bonds. The average Bonchev–Trinajstić information content (AvgIpc) is 3.29. The third kappa shape index (κ3) is 6.78. The van der Waals surface area contributed by atoms with Gasteiger partial charge in [0.1, 0.15) is 11.5 Å². The lowest BCUT2D eigenvalue weighted by Crippen LogP contribution is -2.23. The molecule has 176 valence electrons. The zero-order valence-corrected chi connectivity index (χ0v) is 19.4. The monoisotopic (exact) mass is 532 g/mol. The fourth-order valence-electron chi connectivity index (χ4n) is 2.38. The number of aryl methyl sites for hydroxylation is 1. The van der Waals surface area contributed by atoms with Crippen LogP contribution >= 0.6 is 48.8 Å². The third-order valence-electron chi connectivity index (χ3n) is 3.84. The van der Waals surface area contributed by atoms with Crippen molar-refractivity contribution in [2.24, 2.45) is 5.73 Å². The van der Waals surface area contributed by atoms with Crippen LogP contribution in [-0.2, 0) is 13.1 Å². The van der Waals surface area contributed by atoms with Crippen molar-refractivity contribution in [3.8, 4) is 0 Å². The zero-order chi connectivity index (χ0) is 21.1. The molecular weight excluding hydrogens is 516 g/mol. The van der Waals surface area contributed by atoms with Crippen LogP contribution in [0, 0.1) is 18.6 Å². The lowest BCUT2D eigenvalue weighted by atomic mass is 10.2. The van der Waals surface area contributed by atoms with E-state index >= 15 is 0 Å². The number of benzene rings is 1. The summed E-state index contributed by atoms with van der Waals surface area (Å²) in [7, 11) is 0. The summed E-state index contributed by atoms with van der Waals surface area (Å²) in [6, 6.07) is 2.62. The quantitative estimate of drug-likeness (QED) is 0.357. The summed E-state index contributed by atoms with van der Waals surface area (Å²) in [6.45, 7) is 1.93. The fourth-order valence-corrected chi connectivity index (χ4v) is 2.61. The molecule has 0 saturated heterocycles. The van der Waals surface area contributed by atoms with Crippen molar-refractivity contribution in [1.82, 2.24) is 20.5 Å². The molecule has 0 fully saturated rings. The summed E-state index contributed by atoms with van der Waals surface area (Å²) in [5.74, 6) is -2.93. The Hall–Kier alpha value is -2.44. The number of nitrogens with two attached hydrogens (primary N) is 1. The minimum absolute atomic E-state index is 0. The van der Waals surface area contributed by atoms with Crippen LogP contribution in [0.5, 0.6) is 0 Å². The van der Waals surface area contributed by atoms with Crippen molar-refractivity contribution in [2.75, 3.05) is 5.32 Å². The maximum absolute atomic E-state index is 13.3. The Kier molecular flexibility index (Phi) is 11.6. The second-order valence-electron chi connectivity index (χ2n) is 5.87. The van der Waals surface area contributed by atoms with Crippen molar-refractivity contribution >= 4 is 66.5 Å². The SMILES string of the molecule is Cc1nc(CN)oc1CNC(=O)c1cc(NC(=O)c2cc(F)c(F)cc2Cl)n[nH]1.Cl.Cl.Cl. The Morgan fingerprint density at radius 2 is 1.81 bits per heavy atom. The lowest BCUT2D eigenvalue weighted by Gasteiger charge is -2.05. The number of hydrogen-bond donors (Lipinski definition) is 4. The van der Waals surface area contributed by atoms with Gasteiger partial charge in [-0.15, -0.1) is 37.2 Å². The summed E-state index contributed by atoms with van der Waals surface area (Å²) >= 11 is 5.76. The van der Waals surface area contributed by atoms with Crippen molar-refractivity contribution in [1.29, 1.82) is 0 Å². The van der Waals surface area contributed by atoms with Gasteiger partial charge in [-0.1, -0.05) is 11.6 Å². The highest BCUT2D eigenvalue weighted by Gasteiger charge is 2.18. The molecule has 32 heavy (non-hydrogen) atoms. The first-order chi connectivity index (χ1) is 13.8. The number of halogens is 6. The third-order valence-corrected chi connectivity index (χ3v) is 4.15. The number of amides is 2. The lowest BCUT2D eigenvalue weighted by molar-refractivity contribution is 0.0942. The van der Waals surface area contributed by atoms with Crippen LogP contribution < -0.4 is 16.4 Å². The molecule has 0 atom stereocenters. The molecular formula is C17H18Cl4F2N6O3. The van der Waals surface area contributed by atoms with Gasteiger partial charge < -0.3 is 20.8 Å². The average molecular weight is 534 g/mol. The van der Waals surface area contributed by atoms with E-state index in [1.165, 1.54) is 6.07 Å². The van der Waals surface area contributed by atoms with Crippen LogP contribution in [0.2, 0.25) is 5.02 Å². The van der Waals surface area contributed by atoms with Crippen LogP contribution in [0.15, 0.2) is 22.6 Å². The van der Waals surface area contributed by atoms with Gasteiger partial charge in [0.25, 0.3) is 11.8 Å². The topological polar surface area (TPSA) is 139 Å². The number of oxazole rings is 1. The number of aromatic amines is 1. The number of hydrogen-bond acceptors (Lipinski definition) is 6.